The molecule has 2 aromatic rings. The third-order valence-electron chi connectivity index (χ3n) is 6.23. The first kappa shape index (κ1) is 16.6. The first-order chi connectivity index (χ1) is 12.2. The Morgan fingerprint density at radius 3 is 3.08 bits per heavy atom. The number of rotatable bonds is 3. The molecule has 1 fully saturated rings. The number of hydrogen-bond acceptors (Lipinski definition) is 1. The lowest BCUT2D eigenvalue weighted by Gasteiger charge is -2.34. The third-order valence-corrected chi connectivity index (χ3v) is 6.23. The summed E-state index contributed by atoms with van der Waals surface area (Å²) in [7, 11) is 0. The molecule has 2 aliphatic rings. The third kappa shape index (κ3) is 3.20. The van der Waals surface area contributed by atoms with Crippen LogP contribution in [0.2, 0.25) is 0 Å². The van der Waals surface area contributed by atoms with Gasteiger partial charge in [-0.25, -0.2) is 0 Å². The number of aromatic amines is 1. The summed E-state index contributed by atoms with van der Waals surface area (Å²) in [5, 5.41) is 1.30. The molecule has 0 saturated carbocycles. The maximum absolute atomic E-state index is 13.0. The van der Waals surface area contributed by atoms with Crippen LogP contribution in [0.5, 0.6) is 0 Å². The number of piperidine rings is 1. The van der Waals surface area contributed by atoms with Crippen molar-refractivity contribution < 1.29 is 9.69 Å². The van der Waals surface area contributed by atoms with Gasteiger partial charge in [-0.2, -0.15) is 0 Å². The number of amides is 1. The van der Waals surface area contributed by atoms with Crippen molar-refractivity contribution in [2.75, 3.05) is 19.6 Å². The van der Waals surface area contributed by atoms with E-state index in [0.29, 0.717) is 18.5 Å². The van der Waals surface area contributed by atoms with Gasteiger partial charge in [-0.05, 0) is 44.7 Å². The van der Waals surface area contributed by atoms with Crippen molar-refractivity contribution in [1.29, 1.82) is 0 Å². The predicted molar refractivity (Wildman–Crippen MR) is 101 cm³/mol. The van der Waals surface area contributed by atoms with E-state index in [-0.39, 0.29) is 0 Å². The van der Waals surface area contributed by atoms with Crippen LogP contribution < -0.4 is 4.90 Å². The molecular weight excluding hydrogens is 310 g/mol. The molecule has 1 saturated heterocycles. The van der Waals surface area contributed by atoms with Gasteiger partial charge in [0.05, 0.1) is 12.6 Å². The zero-order valence-corrected chi connectivity index (χ0v) is 15.5. The lowest BCUT2D eigenvalue weighted by molar-refractivity contribution is -0.923. The molecular formula is C21H30N3O+. The van der Waals surface area contributed by atoms with Gasteiger partial charge in [0.1, 0.15) is 0 Å². The molecule has 4 nitrogen and oxygen atoms in total. The summed E-state index contributed by atoms with van der Waals surface area (Å²) in [6.45, 7) is 7.85. The zero-order chi connectivity index (χ0) is 17.4. The first-order valence-corrected chi connectivity index (χ1v) is 9.88. The predicted octanol–water partition coefficient (Wildman–Crippen LogP) is 2.21. The van der Waals surface area contributed by atoms with Crippen LogP contribution in [0.4, 0.5) is 0 Å². The van der Waals surface area contributed by atoms with Gasteiger partial charge in [-0.1, -0.05) is 18.6 Å². The fourth-order valence-corrected chi connectivity index (χ4v) is 4.72. The summed E-state index contributed by atoms with van der Waals surface area (Å²) in [6.07, 6.45) is 6.02. The lowest BCUT2D eigenvalue weighted by Crippen LogP contribution is -3.17. The second-order valence-electron chi connectivity index (χ2n) is 7.88. The Morgan fingerprint density at radius 2 is 2.24 bits per heavy atom. The topological polar surface area (TPSA) is 40.5 Å². The summed E-state index contributed by atoms with van der Waals surface area (Å²) in [5.74, 6) is 0.336. The maximum Gasteiger partial charge on any atom is 0.278 e. The smallest absolute Gasteiger partial charge is 0.278 e. The molecule has 1 amide bonds. The number of nitrogens with one attached hydrogen (secondary N) is 2. The fourth-order valence-electron chi connectivity index (χ4n) is 4.72. The number of H-pyrrole nitrogens is 1. The van der Waals surface area contributed by atoms with E-state index >= 15 is 0 Å². The van der Waals surface area contributed by atoms with Crippen molar-refractivity contribution in [2.45, 2.75) is 58.5 Å². The number of fused-ring (bicyclic) bond motifs is 3. The molecule has 1 aromatic carbocycles. The highest BCUT2D eigenvalue weighted by molar-refractivity contribution is 5.86. The normalized spacial score (nSPS) is 23.7. The van der Waals surface area contributed by atoms with Crippen LogP contribution in [0.25, 0.3) is 10.9 Å². The molecule has 1 aromatic heterocycles. The average Bonchev–Trinajstić information content (AvgIpc) is 2.99. The van der Waals surface area contributed by atoms with Gasteiger partial charge < -0.3 is 14.8 Å². The second kappa shape index (κ2) is 6.83. The van der Waals surface area contributed by atoms with Crippen molar-refractivity contribution in [3.05, 3.63) is 35.0 Å². The SMILES string of the molecule is CC[C@H]1CCCC[NH+]1CC(=O)N1CCc2[nH]c3ccc(C)cc3c2C1. The number of carbonyl (C=O) groups is 1. The van der Waals surface area contributed by atoms with Crippen LogP contribution in [0.15, 0.2) is 18.2 Å². The molecule has 0 radical (unpaired) electrons. The molecule has 4 rings (SSSR count). The molecule has 2 N–H and O–H groups in total. The van der Waals surface area contributed by atoms with Gasteiger partial charge in [0.25, 0.3) is 5.91 Å². The Kier molecular flexibility index (Phi) is 4.55. The fraction of sp³-hybridized carbons (Fsp3) is 0.571. The number of carbonyl (C=O) groups excluding carboxylic acids is 1. The van der Waals surface area contributed by atoms with Crippen LogP contribution in [0.1, 0.15) is 49.4 Å². The van der Waals surface area contributed by atoms with E-state index in [1.807, 2.05) is 0 Å². The maximum atomic E-state index is 13.0. The van der Waals surface area contributed by atoms with Crippen molar-refractivity contribution in [3.8, 4) is 0 Å². The zero-order valence-electron chi connectivity index (χ0n) is 15.5. The van der Waals surface area contributed by atoms with Crippen LogP contribution in [0.3, 0.4) is 0 Å². The summed E-state index contributed by atoms with van der Waals surface area (Å²) < 4.78 is 0. The Bertz CT molecular complexity index is 779. The summed E-state index contributed by atoms with van der Waals surface area (Å²) in [5.41, 5.74) is 5.14. The summed E-state index contributed by atoms with van der Waals surface area (Å²) in [4.78, 5) is 20.1. The first-order valence-electron chi connectivity index (χ1n) is 9.88. The highest BCUT2D eigenvalue weighted by Crippen LogP contribution is 2.28. The largest absolute Gasteiger partial charge is 0.358 e. The number of likely N-dealkylation sites (tertiary alicyclic amines) is 1. The minimum atomic E-state index is 0.336. The number of aryl methyl sites for hydroxylation is 1. The minimum Gasteiger partial charge on any atom is -0.358 e. The molecule has 0 bridgehead atoms. The Balaban J connectivity index is 1.50. The van der Waals surface area contributed by atoms with Gasteiger partial charge >= 0.3 is 0 Å². The number of quaternary nitrogens is 1. The van der Waals surface area contributed by atoms with E-state index in [4.69, 9.17) is 0 Å². The van der Waals surface area contributed by atoms with E-state index in [9.17, 15) is 4.79 Å². The van der Waals surface area contributed by atoms with E-state index in [0.717, 1.165) is 26.1 Å². The highest BCUT2D eigenvalue weighted by atomic mass is 16.2. The highest BCUT2D eigenvalue weighted by Gasteiger charge is 2.30. The Hall–Kier alpha value is -1.81. The van der Waals surface area contributed by atoms with Crippen LogP contribution in [-0.2, 0) is 17.8 Å². The minimum absolute atomic E-state index is 0.336. The van der Waals surface area contributed by atoms with Crippen LogP contribution in [-0.4, -0.2) is 41.5 Å². The van der Waals surface area contributed by atoms with Crippen molar-refractivity contribution in [3.63, 3.8) is 0 Å². The quantitative estimate of drug-likeness (QED) is 0.884. The van der Waals surface area contributed by atoms with E-state index in [1.165, 1.54) is 58.3 Å². The van der Waals surface area contributed by atoms with Crippen molar-refractivity contribution in [2.24, 2.45) is 0 Å². The van der Waals surface area contributed by atoms with Gasteiger partial charge in [0.2, 0.25) is 0 Å². The number of nitrogens with zero attached hydrogens (tertiary/aromatic N) is 1. The molecule has 1 unspecified atom stereocenters. The Labute approximate surface area is 150 Å². The van der Waals surface area contributed by atoms with Crippen LogP contribution >= 0.6 is 0 Å². The molecule has 0 spiro atoms. The van der Waals surface area contributed by atoms with Crippen molar-refractivity contribution >= 4 is 16.8 Å². The van der Waals surface area contributed by atoms with Gasteiger partial charge in [0, 0.05) is 41.7 Å². The van der Waals surface area contributed by atoms with E-state index in [2.05, 4.69) is 41.9 Å². The molecule has 134 valence electrons. The molecule has 25 heavy (non-hydrogen) atoms. The monoisotopic (exact) mass is 340 g/mol. The standard InChI is InChI=1S/C21H29N3O/c1-3-16-6-4-5-10-23(16)14-21(25)24-11-9-20-18(13-24)17-12-15(2)7-8-19(17)22-20/h7-8,12,16,22H,3-6,9-11,13-14H2,1-2H3/p+1/t16-/m0/s1. The van der Waals surface area contributed by atoms with Gasteiger partial charge in [-0.15, -0.1) is 0 Å². The summed E-state index contributed by atoms with van der Waals surface area (Å²) >= 11 is 0. The van der Waals surface area contributed by atoms with Crippen molar-refractivity contribution in [1.82, 2.24) is 9.88 Å². The molecule has 3 heterocycles. The number of aromatic nitrogens is 1. The van der Waals surface area contributed by atoms with Gasteiger partial charge in [-0.3, -0.25) is 4.79 Å². The van der Waals surface area contributed by atoms with Gasteiger partial charge in [0.15, 0.2) is 6.54 Å². The summed E-state index contributed by atoms with van der Waals surface area (Å²) in [6, 6.07) is 7.24. The molecule has 0 aliphatic carbocycles. The Morgan fingerprint density at radius 1 is 1.36 bits per heavy atom. The molecule has 2 atom stereocenters. The van der Waals surface area contributed by atoms with E-state index in [1.54, 1.807) is 0 Å². The van der Waals surface area contributed by atoms with Crippen LogP contribution in [0, 0.1) is 6.92 Å². The molecule has 2 aliphatic heterocycles. The van der Waals surface area contributed by atoms with E-state index < -0.39 is 0 Å². The number of hydrogen-bond donors (Lipinski definition) is 2. The molecule has 4 heteroatoms. The number of benzene rings is 1. The lowest BCUT2D eigenvalue weighted by atomic mass is 9.99. The second-order valence-corrected chi connectivity index (χ2v) is 7.88. The average molecular weight is 340 g/mol.